The molecule has 1 fully saturated rings. The summed E-state index contributed by atoms with van der Waals surface area (Å²) in [5.41, 5.74) is 6.68. The predicted octanol–water partition coefficient (Wildman–Crippen LogP) is 6.58. The van der Waals surface area contributed by atoms with Crippen LogP contribution < -0.4 is 0 Å². The number of piperidine rings is 1. The van der Waals surface area contributed by atoms with E-state index in [0.717, 1.165) is 45.3 Å². The van der Waals surface area contributed by atoms with Gasteiger partial charge in [0.2, 0.25) is 0 Å². The van der Waals surface area contributed by atoms with Crippen LogP contribution in [0.15, 0.2) is 36.5 Å². The van der Waals surface area contributed by atoms with E-state index < -0.39 is 0 Å². The van der Waals surface area contributed by atoms with Crippen LogP contribution >= 0.6 is 11.6 Å². The van der Waals surface area contributed by atoms with Gasteiger partial charge in [-0.1, -0.05) is 17.7 Å². The van der Waals surface area contributed by atoms with Crippen molar-refractivity contribution < 1.29 is 0 Å². The summed E-state index contributed by atoms with van der Waals surface area (Å²) in [5.74, 6) is 1.72. The number of halogens is 1. The Labute approximate surface area is 189 Å². The average molecular weight is 435 g/mol. The van der Waals surface area contributed by atoms with Crippen molar-refractivity contribution in [1.29, 1.82) is 0 Å². The number of fused-ring (bicyclic) bond motifs is 2. The second kappa shape index (κ2) is 8.33. The summed E-state index contributed by atoms with van der Waals surface area (Å²) in [6, 6.07) is 10.8. The average Bonchev–Trinajstić information content (AvgIpc) is 3.35. The molecule has 0 atom stereocenters. The highest BCUT2D eigenvalue weighted by Gasteiger charge is 2.17. The van der Waals surface area contributed by atoms with Crippen LogP contribution in [0.5, 0.6) is 0 Å². The number of aromatic nitrogens is 3. The van der Waals surface area contributed by atoms with Gasteiger partial charge in [-0.15, -0.1) is 0 Å². The van der Waals surface area contributed by atoms with Crippen molar-refractivity contribution in [2.24, 2.45) is 5.92 Å². The largest absolute Gasteiger partial charge is 0.347 e. The van der Waals surface area contributed by atoms with Crippen molar-refractivity contribution in [3.05, 3.63) is 52.7 Å². The predicted molar refractivity (Wildman–Crippen MR) is 131 cm³/mol. The highest BCUT2D eigenvalue weighted by Crippen LogP contribution is 2.35. The molecule has 31 heavy (non-hydrogen) atoms. The molecule has 4 nitrogen and oxygen atoms in total. The van der Waals surface area contributed by atoms with E-state index >= 15 is 0 Å². The number of aromatic amines is 1. The summed E-state index contributed by atoms with van der Waals surface area (Å²) < 4.78 is 2.35. The number of nitrogens with one attached hydrogen (secondary N) is 1. The molecule has 162 valence electrons. The molecule has 0 unspecified atom stereocenters. The van der Waals surface area contributed by atoms with E-state index in [4.69, 9.17) is 16.6 Å². The van der Waals surface area contributed by atoms with Crippen molar-refractivity contribution >= 4 is 33.5 Å². The lowest BCUT2D eigenvalue weighted by Crippen LogP contribution is -2.30. The quantitative estimate of drug-likeness (QED) is 0.385. The summed E-state index contributed by atoms with van der Waals surface area (Å²) in [6.07, 6.45) is 7.40. The van der Waals surface area contributed by atoms with Gasteiger partial charge in [0.1, 0.15) is 5.82 Å². The molecule has 2 aromatic carbocycles. The Bertz CT molecular complexity index is 1230. The zero-order chi connectivity index (χ0) is 21.5. The summed E-state index contributed by atoms with van der Waals surface area (Å²) >= 11 is 6.88. The first-order valence-corrected chi connectivity index (χ1v) is 11.8. The molecule has 3 heterocycles. The maximum atomic E-state index is 6.88. The van der Waals surface area contributed by atoms with E-state index in [1.165, 1.54) is 55.4 Å². The topological polar surface area (TPSA) is 36.9 Å². The number of benzene rings is 2. The van der Waals surface area contributed by atoms with E-state index in [0.29, 0.717) is 0 Å². The van der Waals surface area contributed by atoms with Gasteiger partial charge in [0.15, 0.2) is 0 Å². The third-order valence-corrected chi connectivity index (χ3v) is 7.32. The van der Waals surface area contributed by atoms with E-state index in [1.54, 1.807) is 0 Å². The highest BCUT2D eigenvalue weighted by molar-refractivity contribution is 6.38. The summed E-state index contributed by atoms with van der Waals surface area (Å²) in [4.78, 5) is 10.8. The first-order chi connectivity index (χ1) is 15.0. The van der Waals surface area contributed by atoms with Crippen molar-refractivity contribution in [2.75, 3.05) is 20.1 Å². The summed E-state index contributed by atoms with van der Waals surface area (Å²) in [6.45, 7) is 7.76. The van der Waals surface area contributed by atoms with Crippen LogP contribution in [0.1, 0.15) is 36.8 Å². The van der Waals surface area contributed by atoms with Crippen molar-refractivity contribution in [3.63, 3.8) is 0 Å². The third kappa shape index (κ3) is 3.99. The number of likely N-dealkylation sites (tertiary alicyclic amines) is 1. The molecule has 1 N–H and O–H groups in total. The lowest BCUT2D eigenvalue weighted by molar-refractivity contribution is 0.209. The molecule has 0 spiro atoms. The summed E-state index contributed by atoms with van der Waals surface area (Å²) in [5, 5.41) is 1.88. The van der Waals surface area contributed by atoms with Gasteiger partial charge in [0.25, 0.3) is 0 Å². The molecule has 1 aliphatic heterocycles. The number of nitrogens with zero attached hydrogens (tertiary/aromatic N) is 3. The molecule has 0 saturated carbocycles. The van der Waals surface area contributed by atoms with E-state index in [2.05, 4.69) is 71.9 Å². The number of hydrogen-bond acceptors (Lipinski definition) is 2. The van der Waals surface area contributed by atoms with Gasteiger partial charge in [-0.05, 0) is 101 Å². The van der Waals surface area contributed by atoms with Crippen LogP contribution in [-0.2, 0) is 6.54 Å². The Hall–Kier alpha value is -2.30. The second-order valence-electron chi connectivity index (χ2n) is 9.32. The minimum absolute atomic E-state index is 0.778. The zero-order valence-corrected chi connectivity index (χ0v) is 19.5. The van der Waals surface area contributed by atoms with E-state index in [1.807, 2.05) is 0 Å². The van der Waals surface area contributed by atoms with Crippen molar-refractivity contribution in [3.8, 4) is 11.4 Å². The van der Waals surface area contributed by atoms with Gasteiger partial charge in [-0.25, -0.2) is 4.98 Å². The number of aryl methyl sites for hydroxylation is 3. The maximum Gasteiger partial charge on any atom is 0.140 e. The monoisotopic (exact) mass is 434 g/mol. The first kappa shape index (κ1) is 20.6. The van der Waals surface area contributed by atoms with Crippen LogP contribution in [0.25, 0.3) is 33.3 Å². The Morgan fingerprint density at radius 2 is 1.94 bits per heavy atom. The van der Waals surface area contributed by atoms with Crippen LogP contribution in [0, 0.1) is 19.8 Å². The van der Waals surface area contributed by atoms with E-state index in [9.17, 15) is 0 Å². The van der Waals surface area contributed by atoms with Gasteiger partial charge >= 0.3 is 0 Å². The highest BCUT2D eigenvalue weighted by atomic mass is 35.5. The van der Waals surface area contributed by atoms with Gasteiger partial charge in [0, 0.05) is 29.2 Å². The molecule has 0 bridgehead atoms. The van der Waals surface area contributed by atoms with Crippen LogP contribution in [0.3, 0.4) is 0 Å². The van der Waals surface area contributed by atoms with Crippen LogP contribution in [0.4, 0.5) is 0 Å². The normalized spacial score (nSPS) is 16.0. The lowest BCUT2D eigenvalue weighted by Gasteiger charge is -2.28. The molecule has 1 aliphatic rings. The molecule has 0 radical (unpaired) electrons. The van der Waals surface area contributed by atoms with Crippen LogP contribution in [0.2, 0.25) is 5.02 Å². The van der Waals surface area contributed by atoms with Crippen molar-refractivity contribution in [1.82, 2.24) is 19.4 Å². The number of H-pyrrole nitrogens is 1. The Morgan fingerprint density at radius 1 is 1.13 bits per heavy atom. The minimum atomic E-state index is 0.778. The number of hydrogen-bond donors (Lipinski definition) is 1. The number of rotatable bonds is 5. The Morgan fingerprint density at radius 3 is 2.74 bits per heavy atom. The minimum Gasteiger partial charge on any atom is -0.347 e. The summed E-state index contributed by atoms with van der Waals surface area (Å²) in [7, 11) is 2.23. The zero-order valence-electron chi connectivity index (χ0n) is 18.7. The SMILES string of the molecule is Cc1cc(C)c2nc(-c3ccc4c(ccn4CCCC4CCN(C)CC4)c3Cl)[nH]c2c1. The lowest BCUT2D eigenvalue weighted by atomic mass is 9.92. The van der Waals surface area contributed by atoms with Gasteiger partial charge in [-0.2, -0.15) is 0 Å². The molecule has 5 heteroatoms. The molecular formula is C26H31ClN4. The first-order valence-electron chi connectivity index (χ1n) is 11.4. The fourth-order valence-corrected chi connectivity index (χ4v) is 5.43. The van der Waals surface area contributed by atoms with E-state index in [-0.39, 0.29) is 0 Å². The standard InChI is InChI=1S/C26H31ClN4/c1-17-15-18(2)25-22(16-17)28-26(29-25)21-6-7-23-20(24(21)27)10-14-31(23)11-4-5-19-8-12-30(3)13-9-19/h6-7,10,14-16,19H,4-5,8-9,11-13H2,1-3H3,(H,28,29). The fourth-order valence-electron chi connectivity index (χ4n) is 5.11. The molecule has 5 rings (SSSR count). The number of imidazole rings is 1. The molecule has 1 saturated heterocycles. The van der Waals surface area contributed by atoms with Gasteiger partial charge in [0.05, 0.1) is 16.1 Å². The van der Waals surface area contributed by atoms with Crippen LogP contribution in [-0.4, -0.2) is 39.6 Å². The smallest absolute Gasteiger partial charge is 0.140 e. The maximum absolute atomic E-state index is 6.88. The molecule has 0 aliphatic carbocycles. The second-order valence-corrected chi connectivity index (χ2v) is 9.70. The third-order valence-electron chi connectivity index (χ3n) is 6.91. The fraction of sp³-hybridized carbons (Fsp3) is 0.423. The molecule has 4 aromatic rings. The van der Waals surface area contributed by atoms with Gasteiger partial charge < -0.3 is 14.5 Å². The molecule has 2 aromatic heterocycles. The Kier molecular flexibility index (Phi) is 5.53. The molecular weight excluding hydrogens is 404 g/mol. The van der Waals surface area contributed by atoms with Crippen molar-refractivity contribution in [2.45, 2.75) is 46.1 Å². The molecule has 0 amide bonds. The van der Waals surface area contributed by atoms with Gasteiger partial charge in [-0.3, -0.25) is 0 Å². The Balaban J connectivity index is 1.37.